The van der Waals surface area contributed by atoms with Crippen LogP contribution in [0.3, 0.4) is 0 Å². The SMILES string of the molecule is O=C(CCCCCCC(=O)NC1CCC12CCC2)NO. The molecule has 3 N–H and O–H groups in total. The quantitative estimate of drug-likeness (QED) is 0.363. The molecular weight excluding hydrogens is 256 g/mol. The fraction of sp³-hybridized carbons (Fsp3) is 0.867. The third kappa shape index (κ3) is 3.72. The largest absolute Gasteiger partial charge is 0.353 e. The van der Waals surface area contributed by atoms with Crippen molar-refractivity contribution in [1.82, 2.24) is 10.8 Å². The minimum absolute atomic E-state index is 0.189. The summed E-state index contributed by atoms with van der Waals surface area (Å²) in [5, 5.41) is 11.5. The molecule has 20 heavy (non-hydrogen) atoms. The van der Waals surface area contributed by atoms with Gasteiger partial charge in [0.15, 0.2) is 0 Å². The van der Waals surface area contributed by atoms with Crippen LogP contribution >= 0.6 is 0 Å². The summed E-state index contributed by atoms with van der Waals surface area (Å²) in [6, 6.07) is 0.442. The summed E-state index contributed by atoms with van der Waals surface area (Å²) >= 11 is 0. The molecule has 2 saturated carbocycles. The Bertz CT molecular complexity index is 348. The molecule has 114 valence electrons. The number of amides is 2. The molecule has 0 radical (unpaired) electrons. The molecule has 0 bridgehead atoms. The summed E-state index contributed by atoms with van der Waals surface area (Å²) in [5.74, 6) is -0.146. The third-order valence-electron chi connectivity index (χ3n) is 5.04. The van der Waals surface area contributed by atoms with Crippen LogP contribution in [0.2, 0.25) is 0 Å². The van der Waals surface area contributed by atoms with Crippen molar-refractivity contribution >= 4 is 11.8 Å². The van der Waals surface area contributed by atoms with Gasteiger partial charge in [-0.25, -0.2) is 5.48 Å². The topological polar surface area (TPSA) is 78.4 Å². The van der Waals surface area contributed by atoms with Gasteiger partial charge in [-0.15, -0.1) is 0 Å². The van der Waals surface area contributed by atoms with Crippen LogP contribution in [-0.4, -0.2) is 23.1 Å². The molecule has 2 fully saturated rings. The van der Waals surface area contributed by atoms with Crippen LogP contribution in [0.1, 0.15) is 70.6 Å². The lowest BCUT2D eigenvalue weighted by Gasteiger charge is -2.56. The van der Waals surface area contributed by atoms with Gasteiger partial charge >= 0.3 is 0 Å². The second kappa shape index (κ2) is 7.07. The van der Waals surface area contributed by atoms with Gasteiger partial charge in [0.1, 0.15) is 0 Å². The Morgan fingerprint density at radius 1 is 1.00 bits per heavy atom. The highest BCUT2D eigenvalue weighted by molar-refractivity contribution is 5.76. The van der Waals surface area contributed by atoms with E-state index in [2.05, 4.69) is 5.32 Å². The monoisotopic (exact) mass is 282 g/mol. The van der Waals surface area contributed by atoms with E-state index in [1.54, 1.807) is 5.48 Å². The first kappa shape index (κ1) is 15.3. The Kier molecular flexibility index (Phi) is 5.40. The van der Waals surface area contributed by atoms with Crippen LogP contribution in [0.5, 0.6) is 0 Å². The van der Waals surface area contributed by atoms with Crippen LogP contribution in [0, 0.1) is 5.41 Å². The number of carbonyl (C=O) groups excluding carboxylic acids is 2. The van der Waals surface area contributed by atoms with Gasteiger partial charge in [-0.1, -0.05) is 19.3 Å². The lowest BCUT2D eigenvalue weighted by atomic mass is 9.53. The maximum absolute atomic E-state index is 11.9. The average Bonchev–Trinajstić information content (AvgIpc) is 2.36. The zero-order chi connectivity index (χ0) is 14.4. The first-order chi connectivity index (χ1) is 9.66. The van der Waals surface area contributed by atoms with E-state index < -0.39 is 0 Å². The normalized spacial score (nSPS) is 22.8. The minimum Gasteiger partial charge on any atom is -0.353 e. The molecule has 0 aromatic heterocycles. The molecule has 0 saturated heterocycles. The highest BCUT2D eigenvalue weighted by Gasteiger charge is 2.50. The van der Waals surface area contributed by atoms with Crippen LogP contribution in [0.15, 0.2) is 0 Å². The minimum atomic E-state index is -0.335. The zero-order valence-electron chi connectivity index (χ0n) is 12.1. The molecule has 2 aliphatic carbocycles. The smallest absolute Gasteiger partial charge is 0.243 e. The molecule has 0 aliphatic heterocycles. The number of rotatable bonds is 8. The van der Waals surface area contributed by atoms with E-state index in [-0.39, 0.29) is 11.8 Å². The van der Waals surface area contributed by atoms with Gasteiger partial charge in [0.05, 0.1) is 0 Å². The summed E-state index contributed by atoms with van der Waals surface area (Å²) in [4.78, 5) is 22.6. The van der Waals surface area contributed by atoms with Gasteiger partial charge in [0.2, 0.25) is 11.8 Å². The van der Waals surface area contributed by atoms with Crippen LogP contribution in [0.25, 0.3) is 0 Å². The summed E-state index contributed by atoms with van der Waals surface area (Å²) in [7, 11) is 0. The van der Waals surface area contributed by atoms with Gasteiger partial charge < -0.3 is 5.32 Å². The van der Waals surface area contributed by atoms with Crippen molar-refractivity contribution in [3.63, 3.8) is 0 Å². The maximum atomic E-state index is 11.9. The molecule has 1 spiro atoms. The van der Waals surface area contributed by atoms with E-state index >= 15 is 0 Å². The predicted molar refractivity (Wildman–Crippen MR) is 75.1 cm³/mol. The fourth-order valence-electron chi connectivity index (χ4n) is 3.40. The Balaban J connectivity index is 1.47. The fourth-order valence-corrected chi connectivity index (χ4v) is 3.40. The molecule has 1 unspecified atom stereocenters. The standard InChI is InChI=1S/C15H26N2O3/c18-13(6-3-1-2-4-7-14(19)17-20)16-12-8-11-15(12)9-5-10-15/h12,20H,1-11H2,(H,16,18)(H,17,19). The average molecular weight is 282 g/mol. The van der Waals surface area contributed by atoms with Crippen LogP contribution < -0.4 is 10.8 Å². The van der Waals surface area contributed by atoms with Crippen molar-refractivity contribution in [1.29, 1.82) is 0 Å². The van der Waals surface area contributed by atoms with Crippen LogP contribution in [0.4, 0.5) is 0 Å². The van der Waals surface area contributed by atoms with Crippen molar-refractivity contribution in [2.45, 2.75) is 76.7 Å². The van der Waals surface area contributed by atoms with Gasteiger partial charge in [-0.05, 0) is 43.9 Å². The summed E-state index contributed by atoms with van der Waals surface area (Å²) in [6.45, 7) is 0. The molecule has 5 heteroatoms. The van der Waals surface area contributed by atoms with E-state index in [4.69, 9.17) is 5.21 Å². The first-order valence-electron chi connectivity index (χ1n) is 7.89. The Labute approximate surface area is 120 Å². The lowest BCUT2D eigenvalue weighted by molar-refractivity contribution is -0.129. The summed E-state index contributed by atoms with van der Waals surface area (Å²) in [5.41, 5.74) is 2.10. The molecule has 2 amide bonds. The van der Waals surface area contributed by atoms with Gasteiger partial charge in [-0.2, -0.15) is 0 Å². The highest BCUT2D eigenvalue weighted by Crippen LogP contribution is 2.55. The van der Waals surface area contributed by atoms with Crippen molar-refractivity contribution in [2.24, 2.45) is 5.41 Å². The number of hydrogen-bond acceptors (Lipinski definition) is 3. The van der Waals surface area contributed by atoms with E-state index in [1.807, 2.05) is 0 Å². The predicted octanol–water partition coefficient (Wildman–Crippen LogP) is 2.28. The third-order valence-corrected chi connectivity index (χ3v) is 5.04. The summed E-state index contributed by atoms with van der Waals surface area (Å²) in [6.07, 6.45) is 10.9. The van der Waals surface area contributed by atoms with E-state index in [0.717, 1.165) is 32.1 Å². The second-order valence-corrected chi connectivity index (χ2v) is 6.32. The molecule has 2 aliphatic rings. The first-order valence-corrected chi connectivity index (χ1v) is 7.89. The molecule has 0 aromatic rings. The molecule has 2 rings (SSSR count). The number of carbonyl (C=O) groups is 2. The van der Waals surface area contributed by atoms with Crippen molar-refractivity contribution in [3.8, 4) is 0 Å². The number of hydroxylamine groups is 1. The Hall–Kier alpha value is -1.10. The maximum Gasteiger partial charge on any atom is 0.243 e. The number of hydrogen-bond donors (Lipinski definition) is 3. The van der Waals surface area contributed by atoms with Gasteiger partial charge in [-0.3, -0.25) is 14.8 Å². The van der Waals surface area contributed by atoms with Crippen molar-refractivity contribution in [3.05, 3.63) is 0 Å². The molecular formula is C15H26N2O3. The lowest BCUT2D eigenvalue weighted by Crippen LogP contribution is -2.58. The van der Waals surface area contributed by atoms with E-state index in [9.17, 15) is 9.59 Å². The molecule has 1 atom stereocenters. The van der Waals surface area contributed by atoms with Gasteiger partial charge in [0, 0.05) is 18.9 Å². The van der Waals surface area contributed by atoms with Gasteiger partial charge in [0.25, 0.3) is 0 Å². The second-order valence-electron chi connectivity index (χ2n) is 6.32. The van der Waals surface area contributed by atoms with Crippen LogP contribution in [-0.2, 0) is 9.59 Å². The van der Waals surface area contributed by atoms with E-state index in [0.29, 0.717) is 24.3 Å². The molecule has 0 heterocycles. The molecule has 5 nitrogen and oxygen atoms in total. The summed E-state index contributed by atoms with van der Waals surface area (Å²) < 4.78 is 0. The Morgan fingerprint density at radius 3 is 2.10 bits per heavy atom. The van der Waals surface area contributed by atoms with Crippen molar-refractivity contribution < 1.29 is 14.8 Å². The number of unbranched alkanes of at least 4 members (excludes halogenated alkanes) is 3. The zero-order valence-corrected chi connectivity index (χ0v) is 12.1. The Morgan fingerprint density at radius 2 is 1.65 bits per heavy atom. The van der Waals surface area contributed by atoms with Crippen molar-refractivity contribution in [2.75, 3.05) is 0 Å². The highest BCUT2D eigenvalue weighted by atomic mass is 16.5. The van der Waals surface area contributed by atoms with E-state index in [1.165, 1.54) is 25.7 Å². The molecule has 0 aromatic carbocycles. The number of nitrogens with one attached hydrogen (secondary N) is 2.